The fraction of sp³-hybridized carbons (Fsp3) is 0.396. The monoisotopic (exact) mass is 1580 g/mol. The van der Waals surface area contributed by atoms with Gasteiger partial charge in [-0.25, -0.2) is 22.4 Å². The van der Waals surface area contributed by atoms with Crippen molar-refractivity contribution < 1.29 is 200 Å². The van der Waals surface area contributed by atoms with Crippen molar-refractivity contribution in [1.82, 2.24) is 0 Å². The first-order chi connectivity index (χ1) is 45.6. The fourth-order valence-corrected chi connectivity index (χ4v) is 6.92. The number of rotatable bonds is 24. The highest BCUT2D eigenvalue weighted by Gasteiger charge is 2.97. The van der Waals surface area contributed by atoms with Crippen molar-refractivity contribution in [2.75, 3.05) is 30.4 Å². The average Bonchev–Trinajstić information content (AvgIpc) is 0.701. The summed E-state index contributed by atoms with van der Waals surface area (Å²) in [4.78, 5) is 1.97. The number of nitriles is 1. The molecule has 0 bridgehead atoms. The quantitative estimate of drug-likeness (QED) is 0.0155. The van der Waals surface area contributed by atoms with Gasteiger partial charge < -0.3 is 41.3 Å². The summed E-state index contributed by atoms with van der Waals surface area (Å²) in [6, 6.07) is 16.3. The summed E-state index contributed by atoms with van der Waals surface area (Å²) in [5.41, 5.74) is 13.9. The molecule has 578 valence electrons. The number of hydrogen-bond donors (Lipinski definition) is 4. The van der Waals surface area contributed by atoms with Gasteiger partial charge in [-0.2, -0.15) is 163 Å². The molecule has 0 amide bonds. The number of hydrogen-bond acceptors (Lipinski definition) is 9. The van der Waals surface area contributed by atoms with Gasteiger partial charge in [-0.05, 0) is 72.8 Å². The van der Waals surface area contributed by atoms with Crippen LogP contribution in [0.5, 0.6) is 40.2 Å². The van der Waals surface area contributed by atoms with Crippen molar-refractivity contribution in [3.63, 3.8) is 0 Å². The number of nitrogen functional groups attached to an aromatic ring is 3. The predicted octanol–water partition coefficient (Wildman–Crippen LogP) is 20.5. The third-order valence-electron chi connectivity index (χ3n) is 12.7. The Morgan fingerprint density at radius 3 is 0.816 bits per heavy atom. The molecule has 0 unspecified atom stereocenters. The molecule has 0 atom stereocenters. The molecule has 5 aromatic rings. The van der Waals surface area contributed by atoms with Gasteiger partial charge in [0.05, 0.1) is 32.6 Å². The summed E-state index contributed by atoms with van der Waals surface area (Å²) in [6.45, 7) is 1.30. The van der Waals surface area contributed by atoms with Gasteiger partial charge in [0.15, 0.2) is 46.3 Å². The molecule has 0 radical (unpaired) electrons. The molecule has 7 N–H and O–H groups in total. The summed E-state index contributed by atoms with van der Waals surface area (Å²) in [7, 11) is 0. The third-order valence-corrected chi connectivity index (χ3v) is 12.7. The van der Waals surface area contributed by atoms with Crippen LogP contribution in [0.15, 0.2) is 72.8 Å². The number of aromatic hydroxyl groups is 1. The van der Waals surface area contributed by atoms with Gasteiger partial charge in [-0.3, -0.25) is 0 Å². The lowest BCUT2D eigenvalue weighted by Gasteiger charge is -2.42. The fourth-order valence-electron chi connectivity index (χ4n) is 6.92. The minimum absolute atomic E-state index is 0. The first-order valence-electron chi connectivity index (χ1n) is 25.0. The first-order valence-corrected chi connectivity index (χ1v) is 25.0. The Labute approximate surface area is 544 Å². The van der Waals surface area contributed by atoms with Crippen LogP contribution in [0.3, 0.4) is 0 Å². The lowest BCUT2D eigenvalue weighted by Crippen LogP contribution is -2.74. The van der Waals surface area contributed by atoms with Crippen LogP contribution in [0.4, 0.5) is 198 Å². The number of phenols is 1. The van der Waals surface area contributed by atoms with E-state index >= 15 is 8.78 Å². The zero-order valence-electron chi connectivity index (χ0n) is 47.6. The van der Waals surface area contributed by atoms with Crippen molar-refractivity contribution in [1.29, 1.82) is 5.26 Å². The van der Waals surface area contributed by atoms with Crippen LogP contribution < -0.4 is 36.1 Å². The zero-order valence-corrected chi connectivity index (χ0v) is 47.6. The molecule has 50 heteroatoms. The molecule has 103 heavy (non-hydrogen) atoms. The van der Waals surface area contributed by atoms with E-state index in [1.165, 1.54) is 6.07 Å². The maximum atomic E-state index is 15.6. The molecule has 0 fully saturated rings. The average molecular weight is 1580 g/mol. The Kier molecular flexibility index (Phi) is 25.7. The van der Waals surface area contributed by atoms with Crippen LogP contribution >= 0.6 is 0 Å². The van der Waals surface area contributed by atoms with E-state index in [0.717, 1.165) is 48.5 Å². The van der Waals surface area contributed by atoms with Crippen LogP contribution in [-0.4, -0.2) is 114 Å². The van der Waals surface area contributed by atoms with E-state index in [-0.39, 0.29) is 24.6 Å². The highest BCUT2D eigenvalue weighted by atomic mass is 19.4. The van der Waals surface area contributed by atoms with Crippen LogP contribution in [0.2, 0.25) is 0 Å². The molecule has 5 rings (SSSR count). The van der Waals surface area contributed by atoms with Crippen molar-refractivity contribution >= 4 is 22.7 Å². The largest absolute Gasteiger partial charge is 0.508 e. The molecule has 0 spiro atoms. The minimum Gasteiger partial charge on any atom is -0.508 e. The minimum atomic E-state index is -8.84. The number of anilines is 3. The molecule has 5 aromatic carbocycles. The van der Waals surface area contributed by atoms with Crippen molar-refractivity contribution in [2.45, 2.75) is 116 Å². The lowest BCUT2D eigenvalue weighted by atomic mass is 9.88. The summed E-state index contributed by atoms with van der Waals surface area (Å²) < 4.78 is 558. The number of nitrogens with zero attached hydrogens (tertiary/aromatic N) is 2. The molecule has 10 nitrogen and oxygen atoms in total. The smallest absolute Gasteiger partial charge is 0.460 e. The van der Waals surface area contributed by atoms with Gasteiger partial charge in [0.2, 0.25) is 11.6 Å². The maximum absolute atomic E-state index is 15.6. The number of nitrogens with two attached hydrogens (primary N) is 3. The molecule has 0 aliphatic carbocycles. The van der Waals surface area contributed by atoms with E-state index in [2.05, 4.69) is 9.47 Å². The second-order valence-corrected chi connectivity index (χ2v) is 19.6. The van der Waals surface area contributed by atoms with E-state index in [9.17, 15) is 172 Å². The number of ether oxygens (including phenoxy) is 4. The Morgan fingerprint density at radius 1 is 0.350 bits per heavy atom. The Morgan fingerprint density at radius 2 is 0.583 bits per heavy atom. The van der Waals surface area contributed by atoms with Crippen LogP contribution in [0.1, 0.15) is 25.8 Å². The highest BCUT2D eigenvalue weighted by molar-refractivity contribution is 5.61. The predicted molar refractivity (Wildman–Crippen MR) is 266 cm³/mol. The van der Waals surface area contributed by atoms with Crippen LogP contribution in [-0.2, 0) is 0 Å². The van der Waals surface area contributed by atoms with Gasteiger partial charge >= 0.3 is 95.3 Å². The van der Waals surface area contributed by atoms with Crippen molar-refractivity contribution in [3.8, 4) is 46.3 Å². The summed E-state index contributed by atoms with van der Waals surface area (Å²) in [5, 5.41) is 18.4. The molecule has 0 aliphatic rings. The molecule has 0 saturated heterocycles. The zero-order chi connectivity index (χ0) is 79.9. The summed E-state index contributed by atoms with van der Waals surface area (Å²) >= 11 is 0. The topological polar surface area (TPSA) is 163 Å². The van der Waals surface area contributed by atoms with Gasteiger partial charge in [0, 0.05) is 17.1 Å². The molecular formula is C53H31F40N5O5. The van der Waals surface area contributed by atoms with E-state index in [1.54, 1.807) is 24.3 Å². The second kappa shape index (κ2) is 29.4. The van der Waals surface area contributed by atoms with Gasteiger partial charge in [-0.15, -0.1) is 0 Å². The normalized spacial score (nSPS) is 13.7. The molecule has 0 aromatic heterocycles. The second-order valence-electron chi connectivity index (χ2n) is 19.6. The maximum Gasteiger partial charge on any atom is 0.460 e. The molecular weight excluding hydrogens is 1550 g/mol. The van der Waals surface area contributed by atoms with E-state index in [0.29, 0.717) is 5.69 Å². The Hall–Kier alpha value is -9.32. The van der Waals surface area contributed by atoms with Crippen LogP contribution in [0, 0.1) is 52.8 Å². The third kappa shape index (κ3) is 15.6. The summed E-state index contributed by atoms with van der Waals surface area (Å²) in [5.74, 6) is -139. The SMILES string of the molecule is C.N#Cc1c(Oc2ccc(N)cc2)c(F)c(OCCC(F)(F)C(F)(F)C(F)(F)C(F)(F)C(F)(F)C(F)(F)C(F)(F)C(F)(F)F)c(F)c1Oc1ccc(N)cc1.Nc1ccc(O)cc1.[C-]#[N+]c1c(F)c(F)c(OCCC(F)(F)C(F)(F)C(F)(F)C(F)(F)C(F)(F)C(F)(F)C(F)(F)C(F)(F)F)c(F)c1F. The highest BCUT2D eigenvalue weighted by Crippen LogP contribution is 2.67. The summed E-state index contributed by atoms with van der Waals surface area (Å²) in [6.07, 6.45) is -22.3. The van der Waals surface area contributed by atoms with Crippen molar-refractivity contribution in [3.05, 3.63) is 125 Å². The number of benzene rings is 5. The van der Waals surface area contributed by atoms with Gasteiger partial charge in [-0.1, -0.05) is 7.43 Å². The molecule has 0 aliphatic heterocycles. The Bertz CT molecular complexity index is 3740. The van der Waals surface area contributed by atoms with Crippen LogP contribution in [0.25, 0.3) is 4.85 Å². The molecule has 0 heterocycles. The van der Waals surface area contributed by atoms with Gasteiger partial charge in [0.1, 0.15) is 28.9 Å². The standard InChI is InChI=1S/C29H16F19N3O3.C17H4F21NO.C6H7NO.CH4/c30-17-19(53-14-5-1-12(50)2-6-14)16(11-49)20(54-15-7-3-13(51)4-8-15)18(31)21(17)52-10-9-22(32,33)23(34,35)24(36,37)25(38,39)26(40,41)27(42,43)28(44,45)29(46,47)48;1-39-8-4(18)6(20)9(7(21)5(8)19)40-3-2-10(22,23)11(24,25)12(26,27)13(28,29)14(30,31)15(32,33)16(34,35)17(36,37)38;7-5-1-3-6(8)4-2-5;/h1-8H,9-10,50-51H2;2-3H2;1-4,8H,7H2;1H4. The van der Waals surface area contributed by atoms with Crippen molar-refractivity contribution in [2.24, 2.45) is 0 Å². The van der Waals surface area contributed by atoms with E-state index < -0.39 is 202 Å². The number of phenolic OH excluding ortho intramolecular Hbond substituents is 1. The lowest BCUT2D eigenvalue weighted by molar-refractivity contribution is -0.461. The Balaban J connectivity index is 0.000000645. The van der Waals surface area contributed by atoms with E-state index in [1.807, 2.05) is 4.85 Å². The first kappa shape index (κ1) is 89.8. The van der Waals surface area contributed by atoms with Gasteiger partial charge in [0.25, 0.3) is 5.69 Å². The van der Waals surface area contributed by atoms with E-state index in [4.69, 9.17) is 38.4 Å². The number of halogens is 40. The number of alkyl halides is 34. The molecule has 0 saturated carbocycles.